The van der Waals surface area contributed by atoms with Gasteiger partial charge in [0, 0.05) is 19.2 Å². The van der Waals surface area contributed by atoms with Crippen LogP contribution < -0.4 is 14.8 Å². The van der Waals surface area contributed by atoms with Gasteiger partial charge in [-0.3, -0.25) is 4.79 Å². The molecule has 1 N–H and O–H groups in total. The summed E-state index contributed by atoms with van der Waals surface area (Å²) >= 11 is 0. The Kier molecular flexibility index (Phi) is 6.69. The minimum atomic E-state index is -0.133. The molecule has 5 nitrogen and oxygen atoms in total. The van der Waals surface area contributed by atoms with E-state index < -0.39 is 0 Å². The first-order valence-corrected chi connectivity index (χ1v) is 7.72. The van der Waals surface area contributed by atoms with Crippen molar-refractivity contribution in [2.45, 2.75) is 18.9 Å². The molecule has 1 saturated heterocycles. The summed E-state index contributed by atoms with van der Waals surface area (Å²) in [5, 5.41) is 2.84. The molecule has 1 aromatic carbocycles. The first kappa shape index (κ1) is 17.1. The first-order chi connectivity index (χ1) is 11.2. The lowest BCUT2D eigenvalue weighted by atomic mass is 10.2. The summed E-state index contributed by atoms with van der Waals surface area (Å²) in [6.07, 6.45) is 7.14. The molecule has 1 aliphatic rings. The average Bonchev–Trinajstić information content (AvgIpc) is 3.10. The van der Waals surface area contributed by atoms with E-state index in [2.05, 4.69) is 11.9 Å². The van der Waals surface area contributed by atoms with Crippen molar-refractivity contribution in [3.05, 3.63) is 42.5 Å². The third-order valence-corrected chi connectivity index (χ3v) is 3.50. The van der Waals surface area contributed by atoms with Crippen LogP contribution >= 0.6 is 0 Å². The Morgan fingerprint density at radius 1 is 1.48 bits per heavy atom. The van der Waals surface area contributed by atoms with E-state index in [9.17, 15) is 4.79 Å². The molecule has 5 heteroatoms. The summed E-state index contributed by atoms with van der Waals surface area (Å²) in [6.45, 7) is 5.37. The number of benzene rings is 1. The van der Waals surface area contributed by atoms with Gasteiger partial charge in [0.05, 0.1) is 13.2 Å². The summed E-state index contributed by atoms with van der Waals surface area (Å²) in [4.78, 5) is 11.8. The summed E-state index contributed by atoms with van der Waals surface area (Å²) in [5.74, 6) is 1.13. The smallest absolute Gasteiger partial charge is 0.244 e. The molecule has 0 aromatic heterocycles. The van der Waals surface area contributed by atoms with Crippen molar-refractivity contribution in [3.63, 3.8) is 0 Å². The Balaban J connectivity index is 1.90. The van der Waals surface area contributed by atoms with Gasteiger partial charge >= 0.3 is 0 Å². The van der Waals surface area contributed by atoms with Crippen LogP contribution in [0, 0.1) is 0 Å². The molecule has 0 spiro atoms. The van der Waals surface area contributed by atoms with Crippen LogP contribution in [0.3, 0.4) is 0 Å². The maximum Gasteiger partial charge on any atom is 0.244 e. The molecule has 1 fully saturated rings. The average molecular weight is 317 g/mol. The number of amides is 1. The minimum absolute atomic E-state index is 0.133. The SMILES string of the molecule is C=CCOc1ccc(/C=C/C(=O)NCC2CCCO2)cc1OC. The number of hydrogen-bond donors (Lipinski definition) is 1. The van der Waals surface area contributed by atoms with Crippen LogP contribution in [-0.2, 0) is 9.53 Å². The molecule has 124 valence electrons. The third kappa shape index (κ3) is 5.45. The number of hydrogen-bond acceptors (Lipinski definition) is 4. The summed E-state index contributed by atoms with van der Waals surface area (Å²) in [6, 6.07) is 5.50. The monoisotopic (exact) mass is 317 g/mol. The number of rotatable bonds is 8. The van der Waals surface area contributed by atoms with Gasteiger partial charge < -0.3 is 19.5 Å². The van der Waals surface area contributed by atoms with Gasteiger partial charge in [0.25, 0.3) is 0 Å². The molecule has 0 radical (unpaired) electrons. The molecule has 1 unspecified atom stereocenters. The molecule has 1 heterocycles. The van der Waals surface area contributed by atoms with Crippen LogP contribution in [-0.4, -0.2) is 38.9 Å². The highest BCUT2D eigenvalue weighted by Gasteiger charge is 2.15. The van der Waals surface area contributed by atoms with Crippen LogP contribution in [0.2, 0.25) is 0 Å². The summed E-state index contributed by atoms with van der Waals surface area (Å²) in [5.41, 5.74) is 0.861. The highest BCUT2D eigenvalue weighted by atomic mass is 16.5. The number of methoxy groups -OCH3 is 1. The summed E-state index contributed by atoms with van der Waals surface area (Å²) in [7, 11) is 1.58. The Bertz CT molecular complexity index is 562. The largest absolute Gasteiger partial charge is 0.493 e. The second kappa shape index (κ2) is 9.00. The van der Waals surface area contributed by atoms with Crippen molar-refractivity contribution in [2.75, 3.05) is 26.9 Å². The Hall–Kier alpha value is -2.27. The predicted molar refractivity (Wildman–Crippen MR) is 89.7 cm³/mol. The molecule has 0 aliphatic carbocycles. The van der Waals surface area contributed by atoms with Gasteiger partial charge in [-0.1, -0.05) is 18.7 Å². The van der Waals surface area contributed by atoms with Crippen molar-refractivity contribution in [3.8, 4) is 11.5 Å². The molecule has 1 aromatic rings. The minimum Gasteiger partial charge on any atom is -0.493 e. The van der Waals surface area contributed by atoms with Crippen molar-refractivity contribution >= 4 is 12.0 Å². The van der Waals surface area contributed by atoms with Crippen LogP contribution in [0.4, 0.5) is 0 Å². The lowest BCUT2D eigenvalue weighted by Crippen LogP contribution is -2.30. The highest BCUT2D eigenvalue weighted by Crippen LogP contribution is 2.28. The van der Waals surface area contributed by atoms with Crippen LogP contribution in [0.5, 0.6) is 11.5 Å². The van der Waals surface area contributed by atoms with Crippen LogP contribution in [0.1, 0.15) is 18.4 Å². The summed E-state index contributed by atoms with van der Waals surface area (Å²) < 4.78 is 16.3. The molecule has 1 atom stereocenters. The lowest BCUT2D eigenvalue weighted by Gasteiger charge is -2.10. The molecule has 1 aliphatic heterocycles. The standard InChI is InChI=1S/C18H23NO4/c1-3-10-23-16-8-6-14(12-17(16)21-2)7-9-18(20)19-13-15-5-4-11-22-15/h3,6-9,12,15H,1,4-5,10-11,13H2,2H3,(H,19,20)/b9-7+. The topological polar surface area (TPSA) is 56.8 Å². The quantitative estimate of drug-likeness (QED) is 0.591. The zero-order valence-corrected chi connectivity index (χ0v) is 13.4. The zero-order chi connectivity index (χ0) is 16.5. The normalized spacial score (nSPS) is 17.2. The lowest BCUT2D eigenvalue weighted by molar-refractivity contribution is -0.116. The number of ether oxygens (including phenoxy) is 3. The molecule has 23 heavy (non-hydrogen) atoms. The van der Waals surface area contributed by atoms with Crippen LogP contribution in [0.25, 0.3) is 6.08 Å². The van der Waals surface area contributed by atoms with Crippen molar-refractivity contribution in [1.29, 1.82) is 0 Å². The molecular weight excluding hydrogens is 294 g/mol. The van der Waals surface area contributed by atoms with E-state index in [1.807, 2.05) is 18.2 Å². The van der Waals surface area contributed by atoms with E-state index in [1.165, 1.54) is 6.08 Å². The van der Waals surface area contributed by atoms with E-state index in [-0.39, 0.29) is 12.0 Å². The molecule has 1 amide bonds. The van der Waals surface area contributed by atoms with E-state index in [1.54, 1.807) is 19.3 Å². The van der Waals surface area contributed by atoms with Gasteiger partial charge in [-0.2, -0.15) is 0 Å². The second-order valence-electron chi connectivity index (χ2n) is 5.22. The third-order valence-electron chi connectivity index (χ3n) is 3.50. The van der Waals surface area contributed by atoms with Gasteiger partial charge in [0.2, 0.25) is 5.91 Å². The Morgan fingerprint density at radius 2 is 2.35 bits per heavy atom. The van der Waals surface area contributed by atoms with Gasteiger partial charge in [0.1, 0.15) is 6.61 Å². The predicted octanol–water partition coefficient (Wildman–Crippen LogP) is 2.57. The van der Waals surface area contributed by atoms with Crippen molar-refractivity contribution < 1.29 is 19.0 Å². The highest BCUT2D eigenvalue weighted by molar-refractivity contribution is 5.91. The number of nitrogens with one attached hydrogen (secondary N) is 1. The maximum atomic E-state index is 11.8. The number of carbonyl (C=O) groups excluding carboxylic acids is 1. The van der Waals surface area contributed by atoms with Gasteiger partial charge in [-0.25, -0.2) is 0 Å². The second-order valence-corrected chi connectivity index (χ2v) is 5.22. The maximum absolute atomic E-state index is 11.8. The first-order valence-electron chi connectivity index (χ1n) is 7.72. The molecule has 2 rings (SSSR count). The Morgan fingerprint density at radius 3 is 3.04 bits per heavy atom. The zero-order valence-electron chi connectivity index (χ0n) is 13.4. The van der Waals surface area contributed by atoms with Crippen LogP contribution in [0.15, 0.2) is 36.9 Å². The number of carbonyl (C=O) groups is 1. The van der Waals surface area contributed by atoms with E-state index in [4.69, 9.17) is 14.2 Å². The van der Waals surface area contributed by atoms with Crippen molar-refractivity contribution in [2.24, 2.45) is 0 Å². The molecular formula is C18H23NO4. The van der Waals surface area contributed by atoms with E-state index in [0.717, 1.165) is 25.0 Å². The van der Waals surface area contributed by atoms with Gasteiger partial charge in [0.15, 0.2) is 11.5 Å². The van der Waals surface area contributed by atoms with E-state index >= 15 is 0 Å². The van der Waals surface area contributed by atoms with Gasteiger partial charge in [-0.05, 0) is 36.6 Å². The van der Waals surface area contributed by atoms with E-state index in [0.29, 0.717) is 24.7 Å². The fraction of sp³-hybridized carbons (Fsp3) is 0.389. The van der Waals surface area contributed by atoms with Gasteiger partial charge in [-0.15, -0.1) is 0 Å². The fourth-order valence-corrected chi connectivity index (χ4v) is 2.31. The van der Waals surface area contributed by atoms with Crippen molar-refractivity contribution in [1.82, 2.24) is 5.32 Å². The Labute approximate surface area is 136 Å². The molecule has 0 bridgehead atoms. The molecule has 0 saturated carbocycles. The fourth-order valence-electron chi connectivity index (χ4n) is 2.31.